The number of aliphatic hydroxyl groups is 1. The summed E-state index contributed by atoms with van der Waals surface area (Å²) in [7, 11) is 1.98. The summed E-state index contributed by atoms with van der Waals surface area (Å²) < 4.78 is 44.9. The molecule has 3 atom stereocenters. The van der Waals surface area contributed by atoms with E-state index >= 15 is 0 Å². The summed E-state index contributed by atoms with van der Waals surface area (Å²) in [5.74, 6) is -0.0743. The van der Waals surface area contributed by atoms with E-state index in [2.05, 4.69) is 20.5 Å². The Bertz CT molecular complexity index is 1370. The minimum atomic E-state index is -4.48. The van der Waals surface area contributed by atoms with Crippen LogP contribution in [0.2, 0.25) is 0 Å². The van der Waals surface area contributed by atoms with Gasteiger partial charge in [-0.2, -0.15) is 13.2 Å². The molecule has 3 amide bonds. The van der Waals surface area contributed by atoms with Crippen LogP contribution in [0.5, 0.6) is 5.75 Å². The molecule has 0 radical (unpaired) electrons. The van der Waals surface area contributed by atoms with E-state index in [0.29, 0.717) is 25.4 Å². The summed E-state index contributed by atoms with van der Waals surface area (Å²) in [6.45, 7) is 5.12. The highest BCUT2D eigenvalue weighted by molar-refractivity contribution is 6.02. The Hall–Kier alpha value is -4.16. The van der Waals surface area contributed by atoms with Crippen molar-refractivity contribution in [1.29, 1.82) is 0 Å². The van der Waals surface area contributed by atoms with E-state index in [1.54, 1.807) is 36.4 Å². The predicted octanol–water partition coefficient (Wildman–Crippen LogP) is 5.10. The Morgan fingerprint density at radius 3 is 2.40 bits per heavy atom. The van der Waals surface area contributed by atoms with Crippen molar-refractivity contribution in [2.45, 2.75) is 38.7 Å². The lowest BCUT2D eigenvalue weighted by atomic mass is 9.99. The number of amides is 3. The normalized spacial score (nSPS) is 18.0. The lowest BCUT2D eigenvalue weighted by Gasteiger charge is -2.38. The Balaban J connectivity index is 1.53. The van der Waals surface area contributed by atoms with Gasteiger partial charge in [0.1, 0.15) is 11.9 Å². The molecule has 0 aliphatic carbocycles. The van der Waals surface area contributed by atoms with Crippen LogP contribution in [0.3, 0.4) is 0 Å². The van der Waals surface area contributed by atoms with Crippen molar-refractivity contribution >= 4 is 23.3 Å². The molecule has 1 aromatic heterocycles. The number of urea groups is 1. The second-order valence-electron chi connectivity index (χ2n) is 10.5. The molecule has 4 rings (SSSR count). The zero-order chi connectivity index (χ0) is 30.4. The number of carbonyl (C=O) groups is 2. The number of aromatic nitrogens is 1. The number of hydrogen-bond donors (Lipinski definition) is 3. The third-order valence-corrected chi connectivity index (χ3v) is 7.09. The maximum absolute atomic E-state index is 13.6. The van der Waals surface area contributed by atoms with Crippen LogP contribution in [0.1, 0.15) is 35.3 Å². The molecule has 1 aliphatic rings. The fourth-order valence-electron chi connectivity index (χ4n) is 4.73. The van der Waals surface area contributed by atoms with Gasteiger partial charge in [0.2, 0.25) is 0 Å². The van der Waals surface area contributed by atoms with Gasteiger partial charge >= 0.3 is 12.2 Å². The minimum Gasteiger partial charge on any atom is -0.488 e. The number of fused-ring (bicyclic) bond motifs is 1. The second-order valence-corrected chi connectivity index (χ2v) is 10.5. The number of aliphatic hydroxyl groups excluding tert-OH is 1. The van der Waals surface area contributed by atoms with Crippen LogP contribution in [0.15, 0.2) is 67.0 Å². The Morgan fingerprint density at radius 1 is 1.12 bits per heavy atom. The van der Waals surface area contributed by atoms with E-state index in [1.165, 1.54) is 6.07 Å². The second kappa shape index (κ2) is 13.2. The van der Waals surface area contributed by atoms with Crippen LogP contribution >= 0.6 is 0 Å². The summed E-state index contributed by atoms with van der Waals surface area (Å²) >= 11 is 0. The highest BCUT2D eigenvalue weighted by atomic mass is 19.4. The van der Waals surface area contributed by atoms with E-state index in [9.17, 15) is 27.9 Å². The van der Waals surface area contributed by atoms with Crippen molar-refractivity contribution in [3.05, 3.63) is 83.7 Å². The number of nitrogens with zero attached hydrogens (tertiary/aromatic N) is 3. The molecule has 0 saturated carbocycles. The van der Waals surface area contributed by atoms with Gasteiger partial charge in [-0.05, 0) is 74.1 Å². The molecule has 0 spiro atoms. The first-order chi connectivity index (χ1) is 19.9. The monoisotopic (exact) mass is 585 g/mol. The lowest BCUT2D eigenvalue weighted by molar-refractivity contribution is -0.137. The van der Waals surface area contributed by atoms with E-state index < -0.39 is 23.8 Å². The van der Waals surface area contributed by atoms with Crippen molar-refractivity contribution < 1.29 is 32.6 Å². The Morgan fingerprint density at radius 2 is 1.76 bits per heavy atom. The molecule has 2 aromatic carbocycles. The molecule has 1 aliphatic heterocycles. The van der Waals surface area contributed by atoms with Crippen LogP contribution in [0.4, 0.5) is 29.3 Å². The van der Waals surface area contributed by atoms with Crippen LogP contribution in [0, 0.1) is 5.92 Å². The molecule has 2 heterocycles. The zero-order valence-electron chi connectivity index (χ0n) is 23.6. The predicted molar refractivity (Wildman–Crippen MR) is 152 cm³/mol. The highest BCUT2D eigenvalue weighted by Gasteiger charge is 2.34. The number of carbonyl (C=O) groups excluding carboxylic acids is 2. The van der Waals surface area contributed by atoms with Crippen LogP contribution in [0.25, 0.3) is 0 Å². The minimum absolute atomic E-state index is 0.0664. The molecule has 224 valence electrons. The van der Waals surface area contributed by atoms with E-state index in [-0.39, 0.29) is 41.5 Å². The van der Waals surface area contributed by atoms with Crippen molar-refractivity contribution in [3.8, 4) is 5.75 Å². The van der Waals surface area contributed by atoms with Crippen LogP contribution in [-0.2, 0) is 12.7 Å². The number of halogens is 3. The SMILES string of the molecule is C[C@@H]1CN([C@@H](C)CO)C(=O)c2cc(NC(=O)Nc3ccc(C(F)(F)F)cc3)ccc2O[C@H]1CN(C)Cc1ccncc1. The van der Waals surface area contributed by atoms with E-state index in [4.69, 9.17) is 4.74 Å². The summed E-state index contributed by atoms with van der Waals surface area (Å²) in [6.07, 6.45) is -1.30. The maximum atomic E-state index is 13.6. The van der Waals surface area contributed by atoms with Gasteiger partial charge in [0.05, 0.1) is 23.8 Å². The summed E-state index contributed by atoms with van der Waals surface area (Å²) in [4.78, 5) is 34.0. The molecular weight excluding hydrogens is 551 g/mol. The van der Waals surface area contributed by atoms with Gasteiger partial charge < -0.3 is 25.4 Å². The third kappa shape index (κ3) is 7.77. The van der Waals surface area contributed by atoms with Gasteiger partial charge in [0.25, 0.3) is 5.91 Å². The number of ether oxygens (including phenoxy) is 1. The van der Waals surface area contributed by atoms with Crippen molar-refractivity contribution in [3.63, 3.8) is 0 Å². The first-order valence-corrected chi connectivity index (χ1v) is 13.5. The van der Waals surface area contributed by atoms with Crippen LogP contribution in [-0.4, -0.2) is 70.7 Å². The van der Waals surface area contributed by atoms with Gasteiger partial charge in [0.15, 0.2) is 0 Å². The number of likely N-dealkylation sites (N-methyl/N-ethyl adjacent to an activating group) is 1. The Labute approximate surface area is 242 Å². The molecule has 0 fully saturated rings. The molecule has 42 heavy (non-hydrogen) atoms. The van der Waals surface area contributed by atoms with Gasteiger partial charge in [0, 0.05) is 49.3 Å². The maximum Gasteiger partial charge on any atom is 0.416 e. The number of rotatable bonds is 8. The molecule has 0 saturated heterocycles. The highest BCUT2D eigenvalue weighted by Crippen LogP contribution is 2.32. The first-order valence-electron chi connectivity index (χ1n) is 13.5. The molecule has 0 bridgehead atoms. The largest absolute Gasteiger partial charge is 0.488 e. The van der Waals surface area contributed by atoms with Gasteiger partial charge in [-0.3, -0.25) is 14.7 Å². The smallest absolute Gasteiger partial charge is 0.416 e. The van der Waals surface area contributed by atoms with Crippen molar-refractivity contribution in [2.24, 2.45) is 5.92 Å². The Kier molecular flexibility index (Phi) is 9.69. The van der Waals surface area contributed by atoms with Gasteiger partial charge in [-0.15, -0.1) is 0 Å². The topological polar surface area (TPSA) is 107 Å². The molecular formula is C30H34F3N5O4. The summed E-state index contributed by atoms with van der Waals surface area (Å²) in [5.41, 5.74) is 0.943. The summed E-state index contributed by atoms with van der Waals surface area (Å²) in [5, 5.41) is 15.0. The average molecular weight is 586 g/mol. The van der Waals surface area contributed by atoms with E-state index in [0.717, 1.165) is 29.8 Å². The molecule has 3 aromatic rings. The molecule has 0 unspecified atom stereocenters. The molecule has 3 N–H and O–H groups in total. The number of pyridine rings is 1. The molecule has 12 heteroatoms. The average Bonchev–Trinajstić information content (AvgIpc) is 2.95. The van der Waals surface area contributed by atoms with E-state index in [1.807, 2.05) is 26.1 Å². The van der Waals surface area contributed by atoms with Crippen molar-refractivity contribution in [2.75, 3.05) is 37.4 Å². The summed E-state index contributed by atoms with van der Waals surface area (Å²) in [6, 6.07) is 11.5. The third-order valence-electron chi connectivity index (χ3n) is 7.09. The lowest BCUT2D eigenvalue weighted by Crippen LogP contribution is -2.49. The number of anilines is 2. The fourth-order valence-corrected chi connectivity index (χ4v) is 4.73. The number of benzene rings is 2. The zero-order valence-corrected chi connectivity index (χ0v) is 23.6. The van der Waals surface area contributed by atoms with Crippen LogP contribution < -0.4 is 15.4 Å². The van der Waals surface area contributed by atoms with Crippen molar-refractivity contribution in [1.82, 2.24) is 14.8 Å². The van der Waals surface area contributed by atoms with Gasteiger partial charge in [-0.25, -0.2) is 4.79 Å². The van der Waals surface area contributed by atoms with Gasteiger partial charge in [-0.1, -0.05) is 6.92 Å². The first kappa shape index (κ1) is 30.8. The number of hydrogen-bond acceptors (Lipinski definition) is 6. The number of alkyl halides is 3. The molecule has 9 nitrogen and oxygen atoms in total. The standard InChI is InChI=1S/C30H34F3N5O4/c1-19-15-38(20(2)18-39)28(40)25-14-24(36-29(41)35-23-6-4-22(5-7-23)30(31,32)33)8-9-26(25)42-27(19)17-37(3)16-21-10-12-34-13-11-21/h4-14,19-20,27,39H,15-18H2,1-3H3,(H2,35,36,41)/t19-,20+,27+/m1/s1. The number of nitrogens with one attached hydrogen (secondary N) is 2. The quantitative estimate of drug-likeness (QED) is 0.340. The fraction of sp³-hybridized carbons (Fsp3) is 0.367.